The first-order chi connectivity index (χ1) is 8.16. The fourth-order valence-electron chi connectivity index (χ4n) is 2.01. The molecule has 1 unspecified atom stereocenters. The van der Waals surface area contributed by atoms with Crippen molar-refractivity contribution in [3.8, 4) is 5.75 Å². The first-order valence-corrected chi connectivity index (χ1v) is 6.37. The number of nitrogens with one attached hydrogen (secondary N) is 1. The molecule has 1 aromatic carbocycles. The van der Waals surface area contributed by atoms with Gasteiger partial charge in [0.05, 0.1) is 12.7 Å². The van der Waals surface area contributed by atoms with Gasteiger partial charge >= 0.3 is 0 Å². The summed E-state index contributed by atoms with van der Waals surface area (Å²) in [7, 11) is 0. The van der Waals surface area contributed by atoms with Crippen LogP contribution in [0.15, 0.2) is 12.1 Å². The lowest BCUT2D eigenvalue weighted by Gasteiger charge is -2.10. The molecule has 2 N–H and O–H groups in total. The second kappa shape index (κ2) is 5.71. The van der Waals surface area contributed by atoms with E-state index in [0.717, 1.165) is 48.9 Å². The topological polar surface area (TPSA) is 41.5 Å². The standard InChI is InChI=1S/C13H18ClNO2/c1-9(16)2-4-15-8-11-7-12(14)6-10-3-5-17-13(10)11/h6-7,9,15-16H,2-5,8H2,1H3. The lowest BCUT2D eigenvalue weighted by Crippen LogP contribution is -2.19. The minimum absolute atomic E-state index is 0.260. The molecule has 1 aliphatic rings. The molecular formula is C13H18ClNO2. The van der Waals surface area contributed by atoms with Gasteiger partial charge in [-0.05, 0) is 37.6 Å². The number of benzene rings is 1. The predicted molar refractivity (Wildman–Crippen MR) is 68.7 cm³/mol. The van der Waals surface area contributed by atoms with Crippen molar-refractivity contribution in [3.05, 3.63) is 28.3 Å². The van der Waals surface area contributed by atoms with Gasteiger partial charge < -0.3 is 15.2 Å². The van der Waals surface area contributed by atoms with E-state index in [4.69, 9.17) is 21.4 Å². The highest BCUT2D eigenvalue weighted by Gasteiger charge is 2.17. The van der Waals surface area contributed by atoms with Crippen LogP contribution in [0, 0.1) is 0 Å². The molecule has 1 aromatic rings. The smallest absolute Gasteiger partial charge is 0.127 e. The third-order valence-electron chi connectivity index (χ3n) is 2.88. The zero-order chi connectivity index (χ0) is 12.3. The lowest BCUT2D eigenvalue weighted by molar-refractivity contribution is 0.183. The number of aliphatic hydroxyl groups excluding tert-OH is 1. The zero-order valence-corrected chi connectivity index (χ0v) is 10.8. The molecule has 0 spiro atoms. The van der Waals surface area contributed by atoms with E-state index < -0.39 is 0 Å². The van der Waals surface area contributed by atoms with E-state index in [9.17, 15) is 0 Å². The van der Waals surface area contributed by atoms with E-state index in [1.807, 2.05) is 12.1 Å². The Kier molecular flexibility index (Phi) is 4.26. The summed E-state index contributed by atoms with van der Waals surface area (Å²) in [5.74, 6) is 0.985. The molecule has 1 aliphatic heterocycles. The van der Waals surface area contributed by atoms with E-state index in [1.165, 1.54) is 5.56 Å². The van der Waals surface area contributed by atoms with Crippen LogP contribution < -0.4 is 10.1 Å². The van der Waals surface area contributed by atoms with Gasteiger partial charge in [0.15, 0.2) is 0 Å². The van der Waals surface area contributed by atoms with Gasteiger partial charge in [0, 0.05) is 23.6 Å². The van der Waals surface area contributed by atoms with Crippen molar-refractivity contribution >= 4 is 11.6 Å². The summed E-state index contributed by atoms with van der Waals surface area (Å²) < 4.78 is 5.61. The molecule has 0 fully saturated rings. The Morgan fingerprint density at radius 2 is 2.35 bits per heavy atom. The molecule has 94 valence electrons. The van der Waals surface area contributed by atoms with Crippen molar-refractivity contribution in [3.63, 3.8) is 0 Å². The molecule has 1 heterocycles. The van der Waals surface area contributed by atoms with E-state index in [-0.39, 0.29) is 6.10 Å². The van der Waals surface area contributed by atoms with Gasteiger partial charge in [-0.1, -0.05) is 11.6 Å². The van der Waals surface area contributed by atoms with Crippen LogP contribution in [0.25, 0.3) is 0 Å². The van der Waals surface area contributed by atoms with Crippen LogP contribution in [-0.2, 0) is 13.0 Å². The Labute approximate surface area is 107 Å². The predicted octanol–water partition coefficient (Wildman–Crippen LogP) is 2.14. The first-order valence-electron chi connectivity index (χ1n) is 5.99. The van der Waals surface area contributed by atoms with Crippen molar-refractivity contribution < 1.29 is 9.84 Å². The third-order valence-corrected chi connectivity index (χ3v) is 3.10. The van der Waals surface area contributed by atoms with Crippen LogP contribution in [-0.4, -0.2) is 24.4 Å². The third kappa shape index (κ3) is 3.35. The molecule has 17 heavy (non-hydrogen) atoms. The van der Waals surface area contributed by atoms with E-state index >= 15 is 0 Å². The molecule has 0 bridgehead atoms. The van der Waals surface area contributed by atoms with Gasteiger partial charge in [-0.15, -0.1) is 0 Å². The molecule has 0 radical (unpaired) electrons. The maximum absolute atomic E-state index is 9.16. The molecule has 0 aliphatic carbocycles. The Hall–Kier alpha value is -0.770. The summed E-state index contributed by atoms with van der Waals surface area (Å²) in [6.07, 6.45) is 1.43. The second-order valence-electron chi connectivity index (χ2n) is 4.47. The van der Waals surface area contributed by atoms with E-state index in [1.54, 1.807) is 6.92 Å². The summed E-state index contributed by atoms with van der Waals surface area (Å²) in [5, 5.41) is 13.2. The summed E-state index contributed by atoms with van der Waals surface area (Å²) in [6, 6.07) is 3.92. The van der Waals surface area contributed by atoms with Crippen molar-refractivity contribution in [1.82, 2.24) is 5.32 Å². The Bertz CT molecular complexity index is 393. The Morgan fingerprint density at radius 1 is 1.53 bits per heavy atom. The fraction of sp³-hybridized carbons (Fsp3) is 0.538. The van der Waals surface area contributed by atoms with Crippen molar-refractivity contribution in [2.75, 3.05) is 13.2 Å². The summed E-state index contributed by atoms with van der Waals surface area (Å²) in [4.78, 5) is 0. The number of fused-ring (bicyclic) bond motifs is 1. The van der Waals surface area contributed by atoms with Gasteiger partial charge in [-0.2, -0.15) is 0 Å². The minimum atomic E-state index is -0.260. The summed E-state index contributed by atoms with van der Waals surface area (Å²) in [5.41, 5.74) is 2.31. The molecule has 3 nitrogen and oxygen atoms in total. The second-order valence-corrected chi connectivity index (χ2v) is 4.90. The highest BCUT2D eigenvalue weighted by atomic mass is 35.5. The lowest BCUT2D eigenvalue weighted by atomic mass is 10.1. The maximum atomic E-state index is 9.16. The highest BCUT2D eigenvalue weighted by molar-refractivity contribution is 6.30. The van der Waals surface area contributed by atoms with Crippen LogP contribution in [0.3, 0.4) is 0 Å². The van der Waals surface area contributed by atoms with Gasteiger partial charge in [0.25, 0.3) is 0 Å². The van der Waals surface area contributed by atoms with E-state index in [0.29, 0.717) is 0 Å². The number of hydrogen-bond donors (Lipinski definition) is 2. The van der Waals surface area contributed by atoms with Crippen LogP contribution in [0.2, 0.25) is 5.02 Å². The average molecular weight is 256 g/mol. The molecular weight excluding hydrogens is 238 g/mol. The monoisotopic (exact) mass is 255 g/mol. The number of ether oxygens (including phenoxy) is 1. The fourth-order valence-corrected chi connectivity index (χ4v) is 2.27. The number of halogens is 1. The van der Waals surface area contributed by atoms with Crippen molar-refractivity contribution in [2.45, 2.75) is 32.4 Å². The van der Waals surface area contributed by atoms with Crippen LogP contribution in [0.5, 0.6) is 5.75 Å². The SMILES string of the molecule is CC(O)CCNCc1cc(Cl)cc2c1OCC2. The average Bonchev–Trinajstić information content (AvgIpc) is 2.71. The minimum Gasteiger partial charge on any atom is -0.493 e. The van der Waals surface area contributed by atoms with Gasteiger partial charge in [0.2, 0.25) is 0 Å². The molecule has 0 amide bonds. The molecule has 4 heteroatoms. The first kappa shape index (κ1) is 12.7. The number of rotatable bonds is 5. The van der Waals surface area contributed by atoms with Crippen molar-refractivity contribution in [1.29, 1.82) is 0 Å². The molecule has 1 atom stereocenters. The molecule has 0 aromatic heterocycles. The quantitative estimate of drug-likeness (QED) is 0.792. The molecule has 0 saturated heterocycles. The van der Waals surface area contributed by atoms with Crippen LogP contribution >= 0.6 is 11.6 Å². The Balaban J connectivity index is 1.96. The molecule has 2 rings (SSSR count). The summed E-state index contributed by atoms with van der Waals surface area (Å²) >= 11 is 6.07. The van der Waals surface area contributed by atoms with Crippen LogP contribution in [0.1, 0.15) is 24.5 Å². The number of hydrogen-bond acceptors (Lipinski definition) is 3. The van der Waals surface area contributed by atoms with Crippen molar-refractivity contribution in [2.24, 2.45) is 0 Å². The van der Waals surface area contributed by atoms with Gasteiger partial charge in [-0.3, -0.25) is 0 Å². The normalized spacial score (nSPS) is 15.5. The van der Waals surface area contributed by atoms with E-state index in [2.05, 4.69) is 5.32 Å². The summed E-state index contributed by atoms with van der Waals surface area (Å²) in [6.45, 7) is 4.06. The molecule has 0 saturated carbocycles. The maximum Gasteiger partial charge on any atom is 0.127 e. The van der Waals surface area contributed by atoms with Gasteiger partial charge in [0.1, 0.15) is 5.75 Å². The largest absolute Gasteiger partial charge is 0.493 e. The van der Waals surface area contributed by atoms with Crippen LogP contribution in [0.4, 0.5) is 0 Å². The highest BCUT2D eigenvalue weighted by Crippen LogP contribution is 2.32. The Morgan fingerprint density at radius 3 is 3.12 bits per heavy atom. The van der Waals surface area contributed by atoms with Gasteiger partial charge in [-0.25, -0.2) is 0 Å². The zero-order valence-electron chi connectivity index (χ0n) is 10.0. The number of aliphatic hydroxyl groups is 1.